The molecule has 1 rings (SSSR count). The Morgan fingerprint density at radius 2 is 1.64 bits per heavy atom. The molecule has 2 amide bonds. The number of carbonyl (C=O) groups is 2. The molecule has 1 aromatic carbocycles. The summed E-state index contributed by atoms with van der Waals surface area (Å²) in [6.45, 7) is 9.12. The Balaban J connectivity index is 2.33. The predicted octanol–water partition coefficient (Wildman–Crippen LogP) is 2.00. The van der Waals surface area contributed by atoms with Crippen molar-refractivity contribution in [2.75, 3.05) is 13.2 Å². The van der Waals surface area contributed by atoms with Gasteiger partial charge in [-0.05, 0) is 18.1 Å². The lowest BCUT2D eigenvalue weighted by atomic mass is 9.96. The van der Waals surface area contributed by atoms with Gasteiger partial charge >= 0.3 is 0 Å². The lowest BCUT2D eigenvalue weighted by Crippen LogP contribution is -2.41. The summed E-state index contributed by atoms with van der Waals surface area (Å²) in [7, 11) is 0. The van der Waals surface area contributed by atoms with Crippen molar-refractivity contribution in [3.05, 3.63) is 35.4 Å². The second kappa shape index (κ2) is 8.54. The van der Waals surface area contributed by atoms with E-state index in [2.05, 4.69) is 10.6 Å². The van der Waals surface area contributed by atoms with Crippen LogP contribution < -0.4 is 10.6 Å². The lowest BCUT2D eigenvalue weighted by molar-refractivity contribution is -0.131. The minimum Gasteiger partial charge on any atom is -0.377 e. The molecule has 0 radical (unpaired) electrons. The molecule has 5 heteroatoms. The number of ether oxygens (including phenoxy) is 1. The third-order valence-corrected chi connectivity index (χ3v) is 3.08. The highest BCUT2D eigenvalue weighted by atomic mass is 16.5. The van der Waals surface area contributed by atoms with Crippen LogP contribution in [0.4, 0.5) is 0 Å². The highest BCUT2D eigenvalue weighted by Crippen LogP contribution is 2.11. The predicted molar refractivity (Wildman–Crippen MR) is 86.1 cm³/mol. The minimum absolute atomic E-state index is 0.00146. The first-order valence-electron chi connectivity index (χ1n) is 7.53. The summed E-state index contributed by atoms with van der Waals surface area (Å²) < 4.78 is 5.33. The van der Waals surface area contributed by atoms with E-state index in [1.165, 1.54) is 0 Å². The molecule has 2 N–H and O–H groups in total. The van der Waals surface area contributed by atoms with Crippen molar-refractivity contribution >= 4 is 11.8 Å². The maximum absolute atomic E-state index is 11.7. The Labute approximate surface area is 132 Å². The van der Waals surface area contributed by atoms with Gasteiger partial charge in [-0.3, -0.25) is 9.59 Å². The topological polar surface area (TPSA) is 67.4 Å². The Morgan fingerprint density at radius 1 is 1.05 bits per heavy atom. The molecule has 1 aromatic rings. The zero-order chi connectivity index (χ0) is 16.6. The van der Waals surface area contributed by atoms with Gasteiger partial charge in [0.15, 0.2) is 0 Å². The van der Waals surface area contributed by atoms with E-state index in [9.17, 15) is 9.59 Å². The summed E-state index contributed by atoms with van der Waals surface area (Å²) in [4.78, 5) is 23.4. The second-order valence-electron chi connectivity index (χ2n) is 6.16. The van der Waals surface area contributed by atoms with Gasteiger partial charge in [-0.1, -0.05) is 45.0 Å². The first kappa shape index (κ1) is 18.2. The van der Waals surface area contributed by atoms with Crippen LogP contribution in [0.2, 0.25) is 0 Å². The van der Waals surface area contributed by atoms with Crippen LogP contribution in [0.25, 0.3) is 0 Å². The van der Waals surface area contributed by atoms with Crippen LogP contribution in [0.1, 0.15) is 38.8 Å². The molecule has 0 aliphatic heterocycles. The summed E-state index contributed by atoms with van der Waals surface area (Å²) in [6.07, 6.45) is 0. The maximum atomic E-state index is 11.7. The highest BCUT2D eigenvalue weighted by molar-refractivity contribution is 5.87. The molecule has 22 heavy (non-hydrogen) atoms. The highest BCUT2D eigenvalue weighted by Gasteiger charge is 2.21. The average molecular weight is 306 g/mol. The Morgan fingerprint density at radius 3 is 2.18 bits per heavy atom. The largest absolute Gasteiger partial charge is 0.377 e. The molecule has 0 saturated carbocycles. The first-order valence-corrected chi connectivity index (χ1v) is 7.53. The quantitative estimate of drug-likeness (QED) is 0.809. The number of hydrogen-bond acceptors (Lipinski definition) is 3. The van der Waals surface area contributed by atoms with Gasteiger partial charge in [0.05, 0.1) is 13.2 Å². The molecule has 0 aliphatic rings. The monoisotopic (exact) mass is 306 g/mol. The Bertz CT molecular complexity index is 490. The second-order valence-corrected chi connectivity index (χ2v) is 6.16. The van der Waals surface area contributed by atoms with Crippen molar-refractivity contribution < 1.29 is 14.3 Å². The molecule has 0 aromatic heterocycles. The fourth-order valence-corrected chi connectivity index (χ4v) is 1.66. The van der Waals surface area contributed by atoms with E-state index in [-0.39, 0.29) is 18.4 Å². The summed E-state index contributed by atoms with van der Waals surface area (Å²) in [5, 5.41) is 5.41. The first-order chi connectivity index (χ1) is 10.3. The zero-order valence-corrected chi connectivity index (χ0v) is 13.9. The summed E-state index contributed by atoms with van der Waals surface area (Å²) in [5.74, 6) is -0.334. The maximum Gasteiger partial charge on any atom is 0.239 e. The van der Waals surface area contributed by atoms with E-state index in [4.69, 9.17) is 4.74 Å². The molecule has 0 bridgehead atoms. The summed E-state index contributed by atoms with van der Waals surface area (Å²) in [6, 6.07) is 7.89. The molecular weight excluding hydrogens is 280 g/mol. The van der Waals surface area contributed by atoms with Crippen LogP contribution in [0.3, 0.4) is 0 Å². The summed E-state index contributed by atoms with van der Waals surface area (Å²) >= 11 is 0. The molecule has 0 saturated heterocycles. The van der Waals surface area contributed by atoms with Crippen LogP contribution in [-0.4, -0.2) is 25.0 Å². The summed E-state index contributed by atoms with van der Waals surface area (Å²) in [5.41, 5.74) is 1.63. The number of hydrogen-bond donors (Lipinski definition) is 2. The van der Waals surface area contributed by atoms with Gasteiger partial charge < -0.3 is 15.4 Å². The standard InChI is InChI=1S/C17H26N2O3/c1-5-22-12-14-8-6-13(7-9-14)10-18-15(20)11-19-16(21)17(2,3)4/h6-9H,5,10-12H2,1-4H3,(H,18,20)(H,19,21). The average Bonchev–Trinajstić information content (AvgIpc) is 2.48. The number of benzene rings is 1. The van der Waals surface area contributed by atoms with Gasteiger partial charge in [-0.25, -0.2) is 0 Å². The number of rotatable bonds is 7. The van der Waals surface area contributed by atoms with Crippen LogP contribution in [0.15, 0.2) is 24.3 Å². The molecule has 0 unspecified atom stereocenters. The van der Waals surface area contributed by atoms with Gasteiger partial charge in [-0.15, -0.1) is 0 Å². The van der Waals surface area contributed by atoms with E-state index in [1.54, 1.807) is 0 Å². The number of amides is 2. The van der Waals surface area contributed by atoms with Crippen molar-refractivity contribution in [3.63, 3.8) is 0 Å². The van der Waals surface area contributed by atoms with E-state index < -0.39 is 5.41 Å². The van der Waals surface area contributed by atoms with E-state index in [1.807, 2.05) is 52.0 Å². The van der Waals surface area contributed by atoms with Crippen molar-refractivity contribution in [1.29, 1.82) is 0 Å². The molecule has 5 nitrogen and oxygen atoms in total. The Hall–Kier alpha value is -1.88. The lowest BCUT2D eigenvalue weighted by Gasteiger charge is -2.17. The normalized spacial score (nSPS) is 11.1. The van der Waals surface area contributed by atoms with Crippen molar-refractivity contribution in [2.45, 2.75) is 40.8 Å². The molecule has 0 spiro atoms. The van der Waals surface area contributed by atoms with Crippen LogP contribution in [0, 0.1) is 5.41 Å². The van der Waals surface area contributed by atoms with Gasteiger partial charge in [0, 0.05) is 18.6 Å². The van der Waals surface area contributed by atoms with Crippen molar-refractivity contribution in [3.8, 4) is 0 Å². The third kappa shape index (κ3) is 6.72. The third-order valence-electron chi connectivity index (χ3n) is 3.08. The molecule has 122 valence electrons. The number of nitrogens with one attached hydrogen (secondary N) is 2. The van der Waals surface area contributed by atoms with Gasteiger partial charge in [0.2, 0.25) is 11.8 Å². The molecule has 0 atom stereocenters. The van der Waals surface area contributed by atoms with Crippen LogP contribution in [0.5, 0.6) is 0 Å². The molecule has 0 fully saturated rings. The van der Waals surface area contributed by atoms with Gasteiger partial charge in [0.1, 0.15) is 0 Å². The SMILES string of the molecule is CCOCc1ccc(CNC(=O)CNC(=O)C(C)(C)C)cc1. The van der Waals surface area contributed by atoms with Crippen LogP contribution >= 0.6 is 0 Å². The fourth-order valence-electron chi connectivity index (χ4n) is 1.66. The van der Waals surface area contributed by atoms with Crippen molar-refractivity contribution in [2.24, 2.45) is 5.41 Å². The van der Waals surface area contributed by atoms with Crippen LogP contribution in [-0.2, 0) is 27.5 Å². The number of carbonyl (C=O) groups excluding carboxylic acids is 2. The fraction of sp³-hybridized carbons (Fsp3) is 0.529. The van der Waals surface area contributed by atoms with E-state index in [0.29, 0.717) is 19.8 Å². The smallest absolute Gasteiger partial charge is 0.239 e. The molecular formula is C17H26N2O3. The minimum atomic E-state index is -0.489. The van der Waals surface area contributed by atoms with Gasteiger partial charge in [-0.2, -0.15) is 0 Å². The van der Waals surface area contributed by atoms with E-state index >= 15 is 0 Å². The Kier molecular flexibility index (Phi) is 7.05. The van der Waals surface area contributed by atoms with E-state index in [0.717, 1.165) is 11.1 Å². The molecule has 0 aliphatic carbocycles. The van der Waals surface area contributed by atoms with Crippen molar-refractivity contribution in [1.82, 2.24) is 10.6 Å². The molecule has 0 heterocycles. The van der Waals surface area contributed by atoms with Gasteiger partial charge in [0.25, 0.3) is 0 Å². The zero-order valence-electron chi connectivity index (χ0n) is 13.9.